The van der Waals surface area contributed by atoms with E-state index in [2.05, 4.69) is 75.3 Å². The van der Waals surface area contributed by atoms with Crippen LogP contribution in [0.15, 0.2) is 0 Å². The quantitative estimate of drug-likeness (QED) is 0.611. The molecule has 0 radical (unpaired) electrons. The second-order valence-corrected chi connectivity index (χ2v) is 22.8. The van der Waals surface area contributed by atoms with Gasteiger partial charge in [-0.05, 0) is 6.42 Å². The van der Waals surface area contributed by atoms with E-state index in [-0.39, 0.29) is 0 Å². The summed E-state index contributed by atoms with van der Waals surface area (Å²) in [7, 11) is -4.68. The number of aliphatic hydroxyl groups is 1. The summed E-state index contributed by atoms with van der Waals surface area (Å²) in [6.07, 6.45) is 0.707. The van der Waals surface area contributed by atoms with Gasteiger partial charge in [-0.15, -0.1) is 17.0 Å². The maximum Gasteiger partial charge on any atom is 0.129 e. The van der Waals surface area contributed by atoms with Gasteiger partial charge in [0.25, 0.3) is 0 Å². The minimum atomic E-state index is -1.90. The molecular formula is C16H32OSi3. The number of hydrogen-bond donors (Lipinski definition) is 1. The fourth-order valence-corrected chi connectivity index (χ4v) is 5.39. The predicted molar refractivity (Wildman–Crippen MR) is 99.8 cm³/mol. The van der Waals surface area contributed by atoms with E-state index >= 15 is 0 Å². The SMILES string of the molecule is CC[C@@](O)(C#C[Si](C)(C)C)[Si](C)(C)CC#C[Si](C)(C)C. The normalized spacial score (nSPS) is 15.5. The molecule has 0 aromatic heterocycles. The molecule has 0 rings (SSSR count). The van der Waals surface area contributed by atoms with Crippen LogP contribution in [-0.2, 0) is 0 Å². The summed E-state index contributed by atoms with van der Waals surface area (Å²) in [5.41, 5.74) is 6.78. The van der Waals surface area contributed by atoms with Gasteiger partial charge in [0.05, 0.1) is 0 Å². The third-order valence-electron chi connectivity index (χ3n) is 3.27. The highest BCUT2D eigenvalue weighted by Crippen LogP contribution is 2.27. The first-order valence-electron chi connectivity index (χ1n) is 7.49. The lowest BCUT2D eigenvalue weighted by molar-refractivity contribution is 0.171. The summed E-state index contributed by atoms with van der Waals surface area (Å²) in [5.74, 6) is 6.61. The molecule has 0 spiro atoms. The first kappa shape index (κ1) is 19.7. The van der Waals surface area contributed by atoms with Gasteiger partial charge in [-0.3, -0.25) is 0 Å². The topological polar surface area (TPSA) is 20.2 Å². The molecule has 0 saturated heterocycles. The van der Waals surface area contributed by atoms with Gasteiger partial charge in [-0.1, -0.05) is 65.2 Å². The Morgan fingerprint density at radius 1 is 0.850 bits per heavy atom. The van der Waals surface area contributed by atoms with Crippen LogP contribution in [0, 0.1) is 22.9 Å². The van der Waals surface area contributed by atoms with Crippen LogP contribution >= 0.6 is 0 Å². The van der Waals surface area contributed by atoms with Crippen LogP contribution in [0.3, 0.4) is 0 Å². The van der Waals surface area contributed by atoms with Gasteiger partial charge in [0.2, 0.25) is 0 Å². The summed E-state index contributed by atoms with van der Waals surface area (Å²) < 4.78 is 0. The molecule has 0 aliphatic rings. The zero-order valence-corrected chi connectivity index (χ0v) is 17.9. The summed E-state index contributed by atoms with van der Waals surface area (Å²) in [5, 5.41) is 10.2. The lowest BCUT2D eigenvalue weighted by Gasteiger charge is -2.35. The van der Waals surface area contributed by atoms with E-state index in [1.807, 2.05) is 6.92 Å². The van der Waals surface area contributed by atoms with Crippen molar-refractivity contribution in [3.05, 3.63) is 0 Å². The van der Waals surface area contributed by atoms with Crippen molar-refractivity contribution in [2.24, 2.45) is 0 Å². The van der Waals surface area contributed by atoms with Crippen LogP contribution in [0.25, 0.3) is 0 Å². The molecule has 0 saturated carbocycles. The highest BCUT2D eigenvalue weighted by atomic mass is 28.3. The van der Waals surface area contributed by atoms with Crippen molar-refractivity contribution < 1.29 is 5.11 Å². The Morgan fingerprint density at radius 2 is 1.30 bits per heavy atom. The first-order chi connectivity index (χ1) is 8.72. The largest absolute Gasteiger partial charge is 0.381 e. The maximum atomic E-state index is 11.0. The van der Waals surface area contributed by atoms with Crippen LogP contribution in [0.5, 0.6) is 0 Å². The Balaban J connectivity index is 5.28. The summed E-state index contributed by atoms with van der Waals surface area (Å²) in [6, 6.07) is 0.835. The van der Waals surface area contributed by atoms with Crippen molar-refractivity contribution in [3.8, 4) is 22.9 Å². The van der Waals surface area contributed by atoms with Gasteiger partial charge < -0.3 is 5.11 Å². The molecule has 1 nitrogen and oxygen atoms in total. The van der Waals surface area contributed by atoms with Gasteiger partial charge in [0.15, 0.2) is 0 Å². The fourth-order valence-electron chi connectivity index (χ4n) is 1.70. The molecule has 0 aromatic rings. The van der Waals surface area contributed by atoms with Crippen LogP contribution in [0.2, 0.25) is 58.4 Å². The zero-order chi connectivity index (χ0) is 16.2. The van der Waals surface area contributed by atoms with Crippen LogP contribution < -0.4 is 0 Å². The average molecular weight is 325 g/mol. The average Bonchev–Trinajstić information content (AvgIpc) is 2.22. The van der Waals surface area contributed by atoms with E-state index in [1.165, 1.54) is 0 Å². The molecule has 0 aliphatic heterocycles. The van der Waals surface area contributed by atoms with Crippen molar-refractivity contribution >= 4 is 24.2 Å². The van der Waals surface area contributed by atoms with Crippen molar-refractivity contribution in [2.45, 2.75) is 77.0 Å². The molecule has 0 fully saturated rings. The molecule has 0 aromatic carbocycles. The Morgan fingerprint density at radius 3 is 1.65 bits per heavy atom. The lowest BCUT2D eigenvalue weighted by atomic mass is 10.3. The molecule has 114 valence electrons. The predicted octanol–water partition coefficient (Wildman–Crippen LogP) is 4.14. The molecule has 4 heteroatoms. The van der Waals surface area contributed by atoms with Gasteiger partial charge in [0.1, 0.15) is 29.4 Å². The summed E-state index contributed by atoms with van der Waals surface area (Å²) in [4.78, 5) is 0. The molecule has 1 N–H and O–H groups in total. The van der Waals surface area contributed by atoms with Gasteiger partial charge in [-0.2, -0.15) is 0 Å². The van der Waals surface area contributed by atoms with E-state index in [4.69, 9.17) is 0 Å². The van der Waals surface area contributed by atoms with E-state index in [0.717, 1.165) is 6.04 Å². The van der Waals surface area contributed by atoms with Crippen LogP contribution in [0.4, 0.5) is 0 Å². The minimum absolute atomic E-state index is 0.707. The molecule has 20 heavy (non-hydrogen) atoms. The van der Waals surface area contributed by atoms with Crippen molar-refractivity contribution in [3.63, 3.8) is 0 Å². The second kappa shape index (κ2) is 6.66. The number of rotatable bonds is 3. The third-order valence-corrected chi connectivity index (χ3v) is 8.85. The molecule has 0 bridgehead atoms. The zero-order valence-electron chi connectivity index (χ0n) is 14.9. The highest BCUT2D eigenvalue weighted by molar-refractivity contribution is 6.85. The van der Waals surface area contributed by atoms with Crippen molar-refractivity contribution in [1.82, 2.24) is 0 Å². The second-order valence-electron chi connectivity index (χ2n) is 8.33. The Bertz CT molecular complexity index is 447. The Hall–Kier alpha value is -0.269. The highest BCUT2D eigenvalue weighted by Gasteiger charge is 2.42. The molecule has 0 aliphatic carbocycles. The first-order valence-corrected chi connectivity index (χ1v) is 17.7. The molecular weight excluding hydrogens is 292 g/mol. The molecule has 0 amide bonds. The lowest BCUT2D eigenvalue weighted by Crippen LogP contribution is -2.53. The monoisotopic (exact) mass is 324 g/mol. The van der Waals surface area contributed by atoms with Crippen molar-refractivity contribution in [2.75, 3.05) is 0 Å². The fraction of sp³-hybridized carbons (Fsp3) is 0.750. The molecule has 0 unspecified atom stereocenters. The van der Waals surface area contributed by atoms with Gasteiger partial charge in [-0.25, -0.2) is 0 Å². The van der Waals surface area contributed by atoms with E-state index in [1.54, 1.807) is 0 Å². The Kier molecular flexibility index (Phi) is 6.57. The van der Waals surface area contributed by atoms with Gasteiger partial charge in [0, 0.05) is 6.04 Å². The molecule has 1 atom stereocenters. The van der Waals surface area contributed by atoms with Crippen LogP contribution in [0.1, 0.15) is 13.3 Å². The smallest absolute Gasteiger partial charge is 0.129 e. The van der Waals surface area contributed by atoms with E-state index in [9.17, 15) is 5.11 Å². The summed E-state index contributed by atoms with van der Waals surface area (Å²) in [6.45, 7) is 19.9. The number of hydrogen-bond acceptors (Lipinski definition) is 1. The van der Waals surface area contributed by atoms with E-state index < -0.39 is 29.4 Å². The van der Waals surface area contributed by atoms with Crippen LogP contribution in [-0.4, -0.2) is 34.6 Å². The maximum absolute atomic E-state index is 11.0. The standard InChI is InChI=1S/C16H32OSi3/c1-10-16(17,12-15-19(5,6)7)20(8,9)14-11-13-18(2,3)4/h17H,10,14H2,1-9H3/t16-/m0/s1. The summed E-state index contributed by atoms with van der Waals surface area (Å²) >= 11 is 0. The third kappa shape index (κ3) is 6.95. The molecule has 0 heterocycles. The Labute approximate surface area is 129 Å². The van der Waals surface area contributed by atoms with Gasteiger partial charge >= 0.3 is 0 Å². The minimum Gasteiger partial charge on any atom is -0.381 e. The van der Waals surface area contributed by atoms with Crippen molar-refractivity contribution in [1.29, 1.82) is 0 Å². The van der Waals surface area contributed by atoms with E-state index in [0.29, 0.717) is 6.42 Å².